The zero-order valence-corrected chi connectivity index (χ0v) is 9.44. The van der Waals surface area contributed by atoms with E-state index in [2.05, 4.69) is 10.2 Å². The summed E-state index contributed by atoms with van der Waals surface area (Å²) >= 11 is 0. The van der Waals surface area contributed by atoms with Crippen molar-refractivity contribution in [3.8, 4) is 11.7 Å². The van der Waals surface area contributed by atoms with E-state index >= 15 is 0 Å². The summed E-state index contributed by atoms with van der Waals surface area (Å²) in [7, 11) is 0. The van der Waals surface area contributed by atoms with Crippen molar-refractivity contribution in [2.45, 2.75) is 6.54 Å². The third-order valence-corrected chi connectivity index (χ3v) is 2.86. The number of hydrogen-bond donors (Lipinski definition) is 1. The molecule has 1 aliphatic rings. The molecule has 7 nitrogen and oxygen atoms in total. The van der Waals surface area contributed by atoms with Crippen LogP contribution in [-0.2, 0) is 11.3 Å². The Labute approximate surface area is 102 Å². The lowest BCUT2D eigenvalue weighted by molar-refractivity contribution is -0.147. The van der Waals surface area contributed by atoms with Gasteiger partial charge in [0.25, 0.3) is 5.89 Å². The first-order valence-electron chi connectivity index (χ1n) is 5.54. The van der Waals surface area contributed by atoms with Gasteiger partial charge in [-0.05, 0) is 12.1 Å². The highest BCUT2D eigenvalue weighted by atomic mass is 16.4. The Morgan fingerprint density at radius 3 is 3.00 bits per heavy atom. The summed E-state index contributed by atoms with van der Waals surface area (Å²) in [5, 5.41) is 16.5. The van der Waals surface area contributed by atoms with E-state index in [-0.39, 0.29) is 5.92 Å². The maximum atomic E-state index is 10.6. The van der Waals surface area contributed by atoms with Gasteiger partial charge < -0.3 is 13.9 Å². The number of likely N-dealkylation sites (tertiary alicyclic amines) is 1. The number of rotatable bonds is 4. The molecule has 3 rings (SSSR count). The number of aliphatic carboxylic acids is 1. The van der Waals surface area contributed by atoms with Gasteiger partial charge in [-0.2, -0.15) is 0 Å². The molecule has 2 aromatic heterocycles. The van der Waals surface area contributed by atoms with Gasteiger partial charge in [-0.15, -0.1) is 10.2 Å². The Morgan fingerprint density at radius 1 is 1.50 bits per heavy atom. The molecule has 0 saturated carbocycles. The van der Waals surface area contributed by atoms with Crippen LogP contribution in [0.5, 0.6) is 0 Å². The van der Waals surface area contributed by atoms with Crippen LogP contribution in [-0.4, -0.2) is 39.3 Å². The predicted molar refractivity (Wildman–Crippen MR) is 58.4 cm³/mol. The standard InChI is InChI=1S/C11H11N3O4/c15-11(16)7-4-14(5-7)6-9-12-13-10(18-9)8-2-1-3-17-8/h1-3,7H,4-6H2,(H,15,16). The van der Waals surface area contributed by atoms with Gasteiger partial charge in [0.15, 0.2) is 5.76 Å². The Morgan fingerprint density at radius 2 is 2.33 bits per heavy atom. The molecule has 3 heterocycles. The molecule has 7 heteroatoms. The van der Waals surface area contributed by atoms with Gasteiger partial charge in [0.2, 0.25) is 5.89 Å². The van der Waals surface area contributed by atoms with Gasteiger partial charge in [0, 0.05) is 13.1 Å². The van der Waals surface area contributed by atoms with E-state index in [4.69, 9.17) is 13.9 Å². The normalized spacial score (nSPS) is 16.7. The topological polar surface area (TPSA) is 92.6 Å². The van der Waals surface area contributed by atoms with Crippen LogP contribution in [0.4, 0.5) is 0 Å². The maximum absolute atomic E-state index is 10.6. The number of aromatic nitrogens is 2. The first-order chi connectivity index (χ1) is 8.72. The molecule has 1 aliphatic heterocycles. The molecule has 18 heavy (non-hydrogen) atoms. The second kappa shape index (κ2) is 4.26. The summed E-state index contributed by atoms with van der Waals surface area (Å²) in [6.45, 7) is 1.51. The van der Waals surface area contributed by atoms with E-state index < -0.39 is 5.97 Å². The van der Waals surface area contributed by atoms with Crippen molar-refractivity contribution in [3.05, 3.63) is 24.3 Å². The smallest absolute Gasteiger partial charge is 0.309 e. The van der Waals surface area contributed by atoms with Crippen LogP contribution in [0.3, 0.4) is 0 Å². The van der Waals surface area contributed by atoms with Gasteiger partial charge in [0.1, 0.15) is 0 Å². The highest BCUT2D eigenvalue weighted by Gasteiger charge is 2.33. The summed E-state index contributed by atoms with van der Waals surface area (Å²) in [6.07, 6.45) is 1.53. The molecule has 0 amide bonds. The average Bonchev–Trinajstić information content (AvgIpc) is 2.92. The fraction of sp³-hybridized carbons (Fsp3) is 0.364. The molecule has 0 radical (unpaired) electrons. The van der Waals surface area contributed by atoms with Gasteiger partial charge in [0.05, 0.1) is 18.7 Å². The van der Waals surface area contributed by atoms with Gasteiger partial charge >= 0.3 is 5.97 Å². The second-order valence-corrected chi connectivity index (χ2v) is 4.21. The highest BCUT2D eigenvalue weighted by Crippen LogP contribution is 2.21. The monoisotopic (exact) mass is 249 g/mol. The van der Waals surface area contributed by atoms with Crippen LogP contribution in [0, 0.1) is 5.92 Å². The summed E-state index contributed by atoms with van der Waals surface area (Å²) < 4.78 is 10.6. The van der Waals surface area contributed by atoms with E-state index in [1.54, 1.807) is 12.1 Å². The minimum atomic E-state index is -0.756. The molecule has 1 saturated heterocycles. The molecular weight excluding hydrogens is 238 g/mol. The molecular formula is C11H11N3O4. The Kier molecular flexibility index (Phi) is 2.60. The molecule has 2 aromatic rings. The highest BCUT2D eigenvalue weighted by molar-refractivity contribution is 5.71. The van der Waals surface area contributed by atoms with Crippen molar-refractivity contribution in [3.63, 3.8) is 0 Å². The first-order valence-corrected chi connectivity index (χ1v) is 5.54. The third kappa shape index (κ3) is 2.00. The number of furan rings is 1. The van der Waals surface area contributed by atoms with Crippen molar-refractivity contribution < 1.29 is 18.7 Å². The second-order valence-electron chi connectivity index (χ2n) is 4.21. The van der Waals surface area contributed by atoms with Crippen LogP contribution in [0.25, 0.3) is 11.7 Å². The average molecular weight is 249 g/mol. The van der Waals surface area contributed by atoms with Gasteiger partial charge in [-0.3, -0.25) is 9.69 Å². The summed E-state index contributed by atoms with van der Waals surface area (Å²) in [6, 6.07) is 3.48. The number of nitrogens with zero attached hydrogens (tertiary/aromatic N) is 3. The third-order valence-electron chi connectivity index (χ3n) is 2.86. The summed E-state index contributed by atoms with van der Waals surface area (Å²) in [5.74, 6) is 0.293. The Bertz CT molecular complexity index is 542. The van der Waals surface area contributed by atoms with E-state index in [1.165, 1.54) is 6.26 Å². The van der Waals surface area contributed by atoms with Crippen LogP contribution in [0.15, 0.2) is 27.2 Å². The minimum Gasteiger partial charge on any atom is -0.481 e. The molecule has 94 valence electrons. The molecule has 1 fully saturated rings. The predicted octanol–water partition coefficient (Wildman–Crippen LogP) is 0.846. The van der Waals surface area contributed by atoms with E-state index in [0.717, 1.165) is 0 Å². The Balaban J connectivity index is 1.60. The first kappa shape index (κ1) is 11.0. The van der Waals surface area contributed by atoms with Crippen molar-refractivity contribution in [2.75, 3.05) is 13.1 Å². The fourth-order valence-electron chi connectivity index (χ4n) is 1.86. The van der Waals surface area contributed by atoms with Crippen LogP contribution in [0.1, 0.15) is 5.89 Å². The molecule has 0 unspecified atom stereocenters. The Hall–Kier alpha value is -2.15. The van der Waals surface area contributed by atoms with Crippen molar-refractivity contribution in [1.29, 1.82) is 0 Å². The number of carbonyl (C=O) groups is 1. The largest absolute Gasteiger partial charge is 0.481 e. The van der Waals surface area contributed by atoms with Crippen LogP contribution < -0.4 is 0 Å². The zero-order valence-electron chi connectivity index (χ0n) is 9.44. The van der Waals surface area contributed by atoms with E-state index in [0.29, 0.717) is 37.2 Å². The summed E-state index contributed by atoms with van der Waals surface area (Å²) in [4.78, 5) is 12.6. The van der Waals surface area contributed by atoms with Crippen molar-refractivity contribution >= 4 is 5.97 Å². The SMILES string of the molecule is O=C(O)C1CN(Cc2nnc(-c3ccco3)o2)C1. The van der Waals surface area contributed by atoms with Crippen LogP contribution in [0.2, 0.25) is 0 Å². The van der Waals surface area contributed by atoms with Gasteiger partial charge in [-0.25, -0.2) is 0 Å². The minimum absolute atomic E-state index is 0.280. The van der Waals surface area contributed by atoms with Crippen molar-refractivity contribution in [1.82, 2.24) is 15.1 Å². The number of carboxylic acid groups (broad SMARTS) is 1. The summed E-state index contributed by atoms with van der Waals surface area (Å²) in [5.41, 5.74) is 0. The lowest BCUT2D eigenvalue weighted by Gasteiger charge is -2.35. The number of carboxylic acids is 1. The molecule has 0 atom stereocenters. The van der Waals surface area contributed by atoms with Crippen molar-refractivity contribution in [2.24, 2.45) is 5.92 Å². The lowest BCUT2D eigenvalue weighted by Crippen LogP contribution is -2.49. The fourth-order valence-corrected chi connectivity index (χ4v) is 1.86. The molecule has 0 aliphatic carbocycles. The molecule has 0 spiro atoms. The number of hydrogen-bond acceptors (Lipinski definition) is 6. The lowest BCUT2D eigenvalue weighted by atomic mass is 10.0. The zero-order chi connectivity index (χ0) is 12.5. The van der Waals surface area contributed by atoms with Gasteiger partial charge in [-0.1, -0.05) is 0 Å². The quantitative estimate of drug-likeness (QED) is 0.858. The van der Waals surface area contributed by atoms with E-state index in [1.807, 2.05) is 4.90 Å². The van der Waals surface area contributed by atoms with E-state index in [9.17, 15) is 4.79 Å². The van der Waals surface area contributed by atoms with Crippen LogP contribution >= 0.6 is 0 Å². The molecule has 0 aromatic carbocycles. The molecule has 0 bridgehead atoms. The molecule has 1 N–H and O–H groups in total. The maximum Gasteiger partial charge on any atom is 0.309 e.